The Morgan fingerprint density at radius 2 is 1.90 bits per heavy atom. The van der Waals surface area contributed by atoms with E-state index in [0.29, 0.717) is 5.54 Å². The molecule has 2 heteroatoms. The molecule has 1 saturated heterocycles. The molecule has 1 heterocycles. The Labute approximate surface area is 132 Å². The van der Waals surface area contributed by atoms with Crippen molar-refractivity contribution in [1.82, 2.24) is 10.2 Å². The largest absolute Gasteiger partial charge is 0.308 e. The molecule has 3 aliphatic rings. The molecule has 0 bridgehead atoms. The van der Waals surface area contributed by atoms with Gasteiger partial charge in [0.2, 0.25) is 0 Å². The summed E-state index contributed by atoms with van der Waals surface area (Å²) in [6, 6.07) is 0.758. The van der Waals surface area contributed by atoms with Crippen LogP contribution in [0.1, 0.15) is 72.1 Å². The number of nitrogens with zero attached hydrogens (tertiary/aromatic N) is 1. The average Bonchev–Trinajstić information content (AvgIpc) is 2.85. The molecule has 1 N–H and O–H groups in total. The van der Waals surface area contributed by atoms with E-state index >= 15 is 0 Å². The Morgan fingerprint density at radius 3 is 2.52 bits per heavy atom. The van der Waals surface area contributed by atoms with Gasteiger partial charge in [-0.25, -0.2) is 0 Å². The first-order chi connectivity index (χ1) is 10.1. The SMILES string of the molecule is CC1CCC(CN2CC3(CCCCC3)NCC2C(C)C)C1. The second-order valence-corrected chi connectivity index (χ2v) is 8.75. The van der Waals surface area contributed by atoms with Crippen LogP contribution in [0.2, 0.25) is 0 Å². The van der Waals surface area contributed by atoms with Crippen molar-refractivity contribution in [3.05, 3.63) is 0 Å². The van der Waals surface area contributed by atoms with Gasteiger partial charge in [0, 0.05) is 31.2 Å². The third-order valence-corrected chi connectivity index (χ3v) is 6.54. The summed E-state index contributed by atoms with van der Waals surface area (Å²) in [5, 5.41) is 3.99. The van der Waals surface area contributed by atoms with Crippen LogP contribution >= 0.6 is 0 Å². The van der Waals surface area contributed by atoms with Gasteiger partial charge in [0.25, 0.3) is 0 Å². The van der Waals surface area contributed by atoms with Gasteiger partial charge in [-0.15, -0.1) is 0 Å². The molecule has 2 aliphatic carbocycles. The van der Waals surface area contributed by atoms with Crippen LogP contribution in [-0.2, 0) is 0 Å². The monoisotopic (exact) mass is 292 g/mol. The zero-order valence-corrected chi connectivity index (χ0v) is 14.5. The van der Waals surface area contributed by atoms with Crippen molar-refractivity contribution in [2.45, 2.75) is 83.7 Å². The van der Waals surface area contributed by atoms with Gasteiger partial charge in [0.1, 0.15) is 0 Å². The second kappa shape index (κ2) is 6.58. The molecule has 1 aliphatic heterocycles. The van der Waals surface area contributed by atoms with Gasteiger partial charge < -0.3 is 5.32 Å². The topological polar surface area (TPSA) is 15.3 Å². The molecule has 21 heavy (non-hydrogen) atoms. The van der Waals surface area contributed by atoms with E-state index in [2.05, 4.69) is 31.0 Å². The van der Waals surface area contributed by atoms with Crippen LogP contribution in [0.4, 0.5) is 0 Å². The van der Waals surface area contributed by atoms with Gasteiger partial charge in [0.05, 0.1) is 0 Å². The van der Waals surface area contributed by atoms with E-state index in [1.807, 2.05) is 0 Å². The van der Waals surface area contributed by atoms with E-state index in [0.717, 1.165) is 23.8 Å². The van der Waals surface area contributed by atoms with Gasteiger partial charge >= 0.3 is 0 Å². The molecule has 3 unspecified atom stereocenters. The van der Waals surface area contributed by atoms with Gasteiger partial charge in [-0.2, -0.15) is 0 Å². The maximum absolute atomic E-state index is 3.99. The highest BCUT2D eigenvalue weighted by atomic mass is 15.3. The molecule has 0 aromatic rings. The van der Waals surface area contributed by atoms with Gasteiger partial charge in [-0.05, 0) is 43.4 Å². The van der Waals surface area contributed by atoms with E-state index in [1.165, 1.54) is 71.0 Å². The fourth-order valence-corrected chi connectivity index (χ4v) is 5.26. The summed E-state index contributed by atoms with van der Waals surface area (Å²) in [6.45, 7) is 11.2. The number of piperazine rings is 1. The summed E-state index contributed by atoms with van der Waals surface area (Å²) in [7, 11) is 0. The quantitative estimate of drug-likeness (QED) is 0.844. The Morgan fingerprint density at radius 1 is 1.14 bits per heavy atom. The van der Waals surface area contributed by atoms with Crippen molar-refractivity contribution in [1.29, 1.82) is 0 Å². The summed E-state index contributed by atoms with van der Waals surface area (Å²) >= 11 is 0. The first-order valence-corrected chi connectivity index (χ1v) is 9.57. The van der Waals surface area contributed by atoms with Gasteiger partial charge in [0.15, 0.2) is 0 Å². The Hall–Kier alpha value is -0.0800. The molecule has 3 rings (SSSR count). The summed E-state index contributed by atoms with van der Waals surface area (Å²) in [4.78, 5) is 2.90. The number of hydrogen-bond donors (Lipinski definition) is 1. The van der Waals surface area contributed by atoms with E-state index in [4.69, 9.17) is 0 Å². The molecule has 0 radical (unpaired) electrons. The minimum Gasteiger partial charge on any atom is -0.308 e. The van der Waals surface area contributed by atoms with Crippen molar-refractivity contribution in [2.24, 2.45) is 17.8 Å². The van der Waals surface area contributed by atoms with E-state index < -0.39 is 0 Å². The van der Waals surface area contributed by atoms with Crippen molar-refractivity contribution < 1.29 is 0 Å². The highest BCUT2D eigenvalue weighted by Crippen LogP contribution is 2.36. The fourth-order valence-electron chi connectivity index (χ4n) is 5.26. The van der Waals surface area contributed by atoms with Crippen molar-refractivity contribution in [3.63, 3.8) is 0 Å². The lowest BCUT2D eigenvalue weighted by Gasteiger charge is -2.51. The smallest absolute Gasteiger partial charge is 0.0309 e. The third-order valence-electron chi connectivity index (χ3n) is 6.54. The zero-order valence-electron chi connectivity index (χ0n) is 14.5. The summed E-state index contributed by atoms with van der Waals surface area (Å²) in [5.74, 6) is 2.72. The highest BCUT2D eigenvalue weighted by molar-refractivity contribution is 5.00. The molecule has 2 nitrogen and oxygen atoms in total. The predicted octanol–water partition coefficient (Wildman–Crippen LogP) is 4.06. The maximum Gasteiger partial charge on any atom is 0.0309 e. The Balaban J connectivity index is 1.66. The van der Waals surface area contributed by atoms with Gasteiger partial charge in [-0.3, -0.25) is 4.90 Å². The summed E-state index contributed by atoms with van der Waals surface area (Å²) < 4.78 is 0. The van der Waals surface area contributed by atoms with E-state index in [1.54, 1.807) is 0 Å². The fraction of sp³-hybridized carbons (Fsp3) is 1.00. The molecule has 0 amide bonds. The van der Waals surface area contributed by atoms with Crippen LogP contribution in [0.5, 0.6) is 0 Å². The van der Waals surface area contributed by atoms with Crippen LogP contribution in [0.3, 0.4) is 0 Å². The molecule has 0 aromatic carbocycles. The van der Waals surface area contributed by atoms with Crippen LogP contribution in [0.15, 0.2) is 0 Å². The van der Waals surface area contributed by atoms with Crippen molar-refractivity contribution in [3.8, 4) is 0 Å². The summed E-state index contributed by atoms with van der Waals surface area (Å²) in [5.41, 5.74) is 0.466. The number of hydrogen-bond acceptors (Lipinski definition) is 2. The van der Waals surface area contributed by atoms with Crippen molar-refractivity contribution >= 4 is 0 Å². The average molecular weight is 293 g/mol. The molecule has 122 valence electrons. The Bertz CT molecular complexity index is 332. The number of rotatable bonds is 3. The molecule has 0 aromatic heterocycles. The maximum atomic E-state index is 3.99. The minimum atomic E-state index is 0.466. The molecule has 2 saturated carbocycles. The standard InChI is InChI=1S/C19H36N2/c1-15(2)18-12-20-19(9-5-4-6-10-19)14-21(18)13-17-8-7-16(3)11-17/h15-18,20H,4-14H2,1-3H3. The molecule has 3 atom stereocenters. The lowest BCUT2D eigenvalue weighted by molar-refractivity contribution is 0.0261. The normalized spacial score (nSPS) is 37.4. The zero-order chi connectivity index (χ0) is 14.9. The second-order valence-electron chi connectivity index (χ2n) is 8.75. The van der Waals surface area contributed by atoms with Crippen molar-refractivity contribution in [2.75, 3.05) is 19.6 Å². The summed E-state index contributed by atoms with van der Waals surface area (Å²) in [6.07, 6.45) is 11.6. The van der Waals surface area contributed by atoms with Crippen LogP contribution in [-0.4, -0.2) is 36.1 Å². The number of nitrogens with one attached hydrogen (secondary N) is 1. The molecular weight excluding hydrogens is 256 g/mol. The first kappa shape index (κ1) is 15.8. The minimum absolute atomic E-state index is 0.466. The lowest BCUT2D eigenvalue weighted by atomic mass is 9.78. The van der Waals surface area contributed by atoms with E-state index in [9.17, 15) is 0 Å². The lowest BCUT2D eigenvalue weighted by Crippen LogP contribution is -2.66. The van der Waals surface area contributed by atoms with Crippen LogP contribution < -0.4 is 5.32 Å². The third kappa shape index (κ3) is 3.64. The van der Waals surface area contributed by atoms with E-state index in [-0.39, 0.29) is 0 Å². The predicted molar refractivity (Wildman–Crippen MR) is 90.5 cm³/mol. The Kier molecular flexibility index (Phi) is 4.95. The molecule has 1 spiro atoms. The van der Waals surface area contributed by atoms with Crippen LogP contribution in [0, 0.1) is 17.8 Å². The van der Waals surface area contributed by atoms with Gasteiger partial charge in [-0.1, -0.05) is 46.5 Å². The first-order valence-electron chi connectivity index (χ1n) is 9.57. The van der Waals surface area contributed by atoms with Crippen LogP contribution in [0.25, 0.3) is 0 Å². The molecular formula is C19H36N2. The highest BCUT2D eigenvalue weighted by Gasteiger charge is 2.41. The molecule has 3 fully saturated rings.